The van der Waals surface area contributed by atoms with Crippen molar-refractivity contribution in [2.24, 2.45) is 0 Å². The molecule has 0 aliphatic carbocycles. The van der Waals surface area contributed by atoms with Crippen LogP contribution in [0, 0.1) is 0 Å². The van der Waals surface area contributed by atoms with Gasteiger partial charge in [-0.15, -0.1) is 0 Å². The highest BCUT2D eigenvalue weighted by atomic mass is 16.5. The second-order valence-corrected chi connectivity index (χ2v) is 14.4. The number of amides is 2. The van der Waals surface area contributed by atoms with Gasteiger partial charge in [0.2, 0.25) is 11.8 Å². The largest absolute Gasteiger partial charge is 0.480 e. The van der Waals surface area contributed by atoms with Gasteiger partial charge in [-0.25, -0.2) is 4.79 Å². The van der Waals surface area contributed by atoms with Crippen LogP contribution in [0.1, 0.15) is 187 Å². The molecule has 0 saturated heterocycles. The van der Waals surface area contributed by atoms with Crippen molar-refractivity contribution in [2.45, 2.75) is 199 Å². The first-order chi connectivity index (χ1) is 26.3. The molecule has 2 unspecified atom stereocenters. The summed E-state index contributed by atoms with van der Waals surface area (Å²) in [7, 11) is 0. The molecule has 0 spiro atoms. The van der Waals surface area contributed by atoms with E-state index in [0.717, 1.165) is 64.2 Å². The van der Waals surface area contributed by atoms with Crippen LogP contribution in [-0.4, -0.2) is 59.3 Å². The van der Waals surface area contributed by atoms with E-state index in [4.69, 9.17) is 14.9 Å². The Labute approximate surface area is 328 Å². The monoisotopic (exact) mass is 759 g/mol. The van der Waals surface area contributed by atoms with Crippen molar-refractivity contribution in [3.63, 3.8) is 0 Å². The van der Waals surface area contributed by atoms with Crippen molar-refractivity contribution in [2.75, 3.05) is 13.2 Å². The molecule has 0 aromatic heterocycles. The molecule has 0 saturated carbocycles. The number of ether oxygens (including phenoxy) is 1. The molecule has 0 aliphatic rings. The number of carboxylic acid groups (broad SMARTS) is 1. The number of unbranched alkanes of at least 4 members (excludes halogenated alkanes) is 18. The minimum Gasteiger partial charge on any atom is -0.480 e. The van der Waals surface area contributed by atoms with Gasteiger partial charge in [-0.05, 0) is 83.1 Å². The fraction of sp³-hybridized carbons (Fsp3) is 0.733. The predicted molar refractivity (Wildman–Crippen MR) is 222 cm³/mol. The molecule has 0 aliphatic heterocycles. The Morgan fingerprint density at radius 1 is 0.574 bits per heavy atom. The second-order valence-electron chi connectivity index (χ2n) is 14.4. The number of carboxylic acids is 1. The standard InChI is InChI=1S/C45H78N2O7/c1-3-5-7-9-11-13-14-15-16-17-18-19-20-21-22-23-25-27-33-37-44(51)54-40(34-30-26-24-12-10-8-6-4-2)35-31-28-29-32-36-42(49)46-38-43(50)47-41(39-48)45(52)53/h11-13,15-16,24,30,34,40-41,48H,3-10,14,17-23,25-29,31-33,35-39H2,1-2H3,(H,46,49)(H,47,50)(H,52,53)/b13-11-,16-15-,24-12-,34-30-. The van der Waals surface area contributed by atoms with Crippen LogP contribution in [0.5, 0.6) is 0 Å². The van der Waals surface area contributed by atoms with Crippen molar-refractivity contribution in [3.05, 3.63) is 48.6 Å². The minimum absolute atomic E-state index is 0.133. The van der Waals surface area contributed by atoms with Gasteiger partial charge in [0.15, 0.2) is 0 Å². The number of hydrogen-bond acceptors (Lipinski definition) is 6. The molecule has 0 rings (SSSR count). The van der Waals surface area contributed by atoms with E-state index in [1.807, 2.05) is 6.08 Å². The van der Waals surface area contributed by atoms with Gasteiger partial charge in [-0.1, -0.05) is 140 Å². The first-order valence-corrected chi connectivity index (χ1v) is 21.5. The van der Waals surface area contributed by atoms with E-state index in [9.17, 15) is 19.2 Å². The van der Waals surface area contributed by atoms with E-state index in [0.29, 0.717) is 12.8 Å². The molecule has 0 heterocycles. The number of hydrogen-bond donors (Lipinski definition) is 4. The molecule has 0 aromatic carbocycles. The normalized spacial score (nSPS) is 12.9. The quantitative estimate of drug-likeness (QED) is 0.0279. The molecule has 4 N–H and O–H groups in total. The molecule has 0 bridgehead atoms. The maximum Gasteiger partial charge on any atom is 0.328 e. The molecule has 54 heavy (non-hydrogen) atoms. The van der Waals surface area contributed by atoms with E-state index >= 15 is 0 Å². The lowest BCUT2D eigenvalue weighted by atomic mass is 10.1. The number of allylic oxidation sites excluding steroid dienone is 7. The number of esters is 1. The van der Waals surface area contributed by atoms with Crippen LogP contribution in [0.2, 0.25) is 0 Å². The third-order valence-electron chi connectivity index (χ3n) is 9.28. The van der Waals surface area contributed by atoms with Crippen molar-refractivity contribution in [1.29, 1.82) is 0 Å². The number of aliphatic hydroxyl groups is 1. The Kier molecular flexibility index (Phi) is 37.2. The van der Waals surface area contributed by atoms with Gasteiger partial charge in [0.25, 0.3) is 0 Å². The van der Waals surface area contributed by atoms with Gasteiger partial charge in [0, 0.05) is 12.8 Å². The van der Waals surface area contributed by atoms with Gasteiger partial charge in [-0.2, -0.15) is 0 Å². The lowest BCUT2D eigenvalue weighted by Gasteiger charge is -2.15. The van der Waals surface area contributed by atoms with Gasteiger partial charge in [0.1, 0.15) is 12.1 Å². The zero-order chi connectivity index (χ0) is 39.7. The van der Waals surface area contributed by atoms with Gasteiger partial charge in [-0.3, -0.25) is 14.4 Å². The number of aliphatic carboxylic acids is 1. The molecular formula is C45H78N2O7. The van der Waals surface area contributed by atoms with Gasteiger partial charge in [0.05, 0.1) is 13.2 Å². The number of rotatable bonds is 38. The summed E-state index contributed by atoms with van der Waals surface area (Å²) in [6.07, 6.45) is 45.9. The average Bonchev–Trinajstić information content (AvgIpc) is 3.15. The average molecular weight is 759 g/mol. The van der Waals surface area contributed by atoms with Crippen LogP contribution in [0.15, 0.2) is 48.6 Å². The summed E-state index contributed by atoms with van der Waals surface area (Å²) in [4.78, 5) is 47.5. The Bertz CT molecular complexity index is 1050. The summed E-state index contributed by atoms with van der Waals surface area (Å²) < 4.78 is 5.88. The number of nitrogens with one attached hydrogen (secondary N) is 2. The van der Waals surface area contributed by atoms with E-state index in [1.165, 1.54) is 89.9 Å². The summed E-state index contributed by atoms with van der Waals surface area (Å²) in [5.41, 5.74) is 0. The zero-order valence-corrected chi connectivity index (χ0v) is 34.2. The molecule has 9 nitrogen and oxygen atoms in total. The fourth-order valence-electron chi connectivity index (χ4n) is 5.93. The van der Waals surface area contributed by atoms with Crippen LogP contribution in [-0.2, 0) is 23.9 Å². The molecule has 0 aromatic rings. The molecule has 2 atom stereocenters. The molecular weight excluding hydrogens is 681 g/mol. The first-order valence-electron chi connectivity index (χ1n) is 21.5. The molecule has 9 heteroatoms. The summed E-state index contributed by atoms with van der Waals surface area (Å²) in [5, 5.41) is 22.5. The van der Waals surface area contributed by atoms with Crippen molar-refractivity contribution in [1.82, 2.24) is 10.6 Å². The summed E-state index contributed by atoms with van der Waals surface area (Å²) in [5.74, 6) is -2.43. The number of carbonyl (C=O) groups is 4. The summed E-state index contributed by atoms with van der Waals surface area (Å²) >= 11 is 0. The second kappa shape index (κ2) is 39.5. The topological polar surface area (TPSA) is 142 Å². The Morgan fingerprint density at radius 3 is 1.59 bits per heavy atom. The van der Waals surface area contributed by atoms with Crippen LogP contribution < -0.4 is 10.6 Å². The van der Waals surface area contributed by atoms with E-state index in [2.05, 4.69) is 67.0 Å². The van der Waals surface area contributed by atoms with Crippen LogP contribution in [0.4, 0.5) is 0 Å². The van der Waals surface area contributed by atoms with Crippen molar-refractivity contribution >= 4 is 23.8 Å². The minimum atomic E-state index is -1.39. The Balaban J connectivity index is 4.24. The lowest BCUT2D eigenvalue weighted by molar-refractivity contribution is -0.147. The maximum atomic E-state index is 12.7. The molecule has 310 valence electrons. The molecule has 0 radical (unpaired) electrons. The van der Waals surface area contributed by atoms with Crippen LogP contribution in [0.25, 0.3) is 0 Å². The molecule has 2 amide bonds. The lowest BCUT2D eigenvalue weighted by Crippen LogP contribution is -2.47. The maximum absolute atomic E-state index is 12.7. The van der Waals surface area contributed by atoms with E-state index in [1.54, 1.807) is 0 Å². The number of aliphatic hydroxyl groups excluding tert-OH is 1. The fourth-order valence-corrected chi connectivity index (χ4v) is 5.93. The Hall–Kier alpha value is -3.20. The van der Waals surface area contributed by atoms with Crippen molar-refractivity contribution in [3.8, 4) is 0 Å². The highest BCUT2D eigenvalue weighted by molar-refractivity contribution is 5.87. The van der Waals surface area contributed by atoms with Crippen LogP contribution >= 0.6 is 0 Å². The smallest absolute Gasteiger partial charge is 0.328 e. The highest BCUT2D eigenvalue weighted by Crippen LogP contribution is 2.15. The number of carbonyl (C=O) groups excluding carboxylic acids is 3. The Morgan fingerprint density at radius 2 is 1.06 bits per heavy atom. The summed E-state index contributed by atoms with van der Waals surface area (Å²) in [6, 6.07) is -1.39. The van der Waals surface area contributed by atoms with E-state index < -0.39 is 24.5 Å². The zero-order valence-electron chi connectivity index (χ0n) is 34.2. The molecule has 0 fully saturated rings. The van der Waals surface area contributed by atoms with Crippen LogP contribution in [0.3, 0.4) is 0 Å². The first kappa shape index (κ1) is 50.8. The van der Waals surface area contributed by atoms with Gasteiger partial charge < -0.3 is 25.6 Å². The van der Waals surface area contributed by atoms with Crippen molar-refractivity contribution < 1.29 is 34.1 Å². The SMILES string of the molecule is CCCCC/C=C\C/C=C\CCCCCCCCCCCC(=O)OC(/C=C\C/C=C\CCCCC)CCCCCCC(=O)NCC(=O)NC(CO)C(=O)O. The third-order valence-corrected chi connectivity index (χ3v) is 9.28. The predicted octanol–water partition coefficient (Wildman–Crippen LogP) is 10.4. The third kappa shape index (κ3) is 35.8. The highest BCUT2D eigenvalue weighted by Gasteiger charge is 2.18. The summed E-state index contributed by atoms with van der Waals surface area (Å²) in [6.45, 7) is 3.38. The van der Waals surface area contributed by atoms with E-state index in [-0.39, 0.29) is 30.9 Å². The van der Waals surface area contributed by atoms with Gasteiger partial charge >= 0.3 is 11.9 Å².